The maximum absolute atomic E-state index is 14.7. The van der Waals surface area contributed by atoms with Crippen molar-refractivity contribution in [2.45, 2.75) is 71.1 Å². The van der Waals surface area contributed by atoms with Crippen molar-refractivity contribution >= 4 is 17.7 Å². The Labute approximate surface area is 217 Å². The number of ether oxygens (including phenoxy) is 3. The Hall–Kier alpha value is -2.93. The van der Waals surface area contributed by atoms with Crippen molar-refractivity contribution in [2.75, 3.05) is 13.1 Å². The Kier molecular flexibility index (Phi) is 8.29. The molecule has 194 valence electrons. The van der Waals surface area contributed by atoms with Gasteiger partial charge in [-0.1, -0.05) is 35.4 Å². The number of halogens is 2. The number of amides is 1. The molecule has 1 fully saturated rings. The molecule has 0 bridgehead atoms. The molecular weight excluding hydrogens is 483 g/mol. The molecule has 8 heteroatoms. The van der Waals surface area contributed by atoms with Crippen LogP contribution in [0, 0.1) is 5.82 Å². The van der Waals surface area contributed by atoms with Gasteiger partial charge in [0.05, 0.1) is 0 Å². The lowest BCUT2D eigenvalue weighted by Gasteiger charge is -2.40. The SMILES string of the molecule is CC(C)(C)OC(=O)N1CCC(N(Cc2cc(Cl)ccc2F)C2=COC=C(CC3=CC=CCC3)O2)CC1. The fraction of sp³-hybridized carbons (Fsp3) is 0.464. The molecule has 1 saturated heterocycles. The number of benzene rings is 1. The molecule has 0 saturated carbocycles. The lowest BCUT2D eigenvalue weighted by atomic mass is 10.0. The molecule has 2 heterocycles. The van der Waals surface area contributed by atoms with Crippen molar-refractivity contribution in [1.82, 2.24) is 9.80 Å². The average Bonchev–Trinajstić information content (AvgIpc) is 2.84. The van der Waals surface area contributed by atoms with Crippen molar-refractivity contribution < 1.29 is 23.4 Å². The predicted molar refractivity (Wildman–Crippen MR) is 137 cm³/mol. The third-order valence-corrected chi connectivity index (χ3v) is 6.53. The lowest BCUT2D eigenvalue weighted by molar-refractivity contribution is 0.00981. The van der Waals surface area contributed by atoms with Crippen LogP contribution in [0.1, 0.15) is 58.4 Å². The first-order chi connectivity index (χ1) is 17.2. The molecule has 1 aliphatic carbocycles. The van der Waals surface area contributed by atoms with Crippen molar-refractivity contribution in [3.63, 3.8) is 0 Å². The van der Waals surface area contributed by atoms with Gasteiger partial charge in [-0.2, -0.15) is 0 Å². The third-order valence-electron chi connectivity index (χ3n) is 6.29. The van der Waals surface area contributed by atoms with Crippen LogP contribution >= 0.6 is 11.6 Å². The van der Waals surface area contributed by atoms with Crippen LogP contribution in [0.2, 0.25) is 5.02 Å². The first kappa shape index (κ1) is 26.1. The summed E-state index contributed by atoms with van der Waals surface area (Å²) in [6.45, 7) is 6.90. The van der Waals surface area contributed by atoms with Crippen LogP contribution in [0.25, 0.3) is 0 Å². The number of hydrogen-bond donors (Lipinski definition) is 0. The highest BCUT2D eigenvalue weighted by atomic mass is 35.5. The number of rotatable bonds is 6. The van der Waals surface area contributed by atoms with E-state index in [4.69, 9.17) is 25.8 Å². The summed E-state index contributed by atoms with van der Waals surface area (Å²) in [5.74, 6) is 0.897. The minimum absolute atomic E-state index is 0.00750. The number of carbonyl (C=O) groups excluding carboxylic acids is 1. The summed E-state index contributed by atoms with van der Waals surface area (Å²) in [6.07, 6.45) is 13.2. The van der Waals surface area contributed by atoms with Crippen LogP contribution in [-0.4, -0.2) is 40.6 Å². The fourth-order valence-electron chi connectivity index (χ4n) is 4.50. The molecule has 0 spiro atoms. The van der Waals surface area contributed by atoms with E-state index >= 15 is 0 Å². The largest absolute Gasteiger partial charge is 0.464 e. The van der Waals surface area contributed by atoms with E-state index in [1.807, 2.05) is 25.7 Å². The van der Waals surface area contributed by atoms with Gasteiger partial charge < -0.3 is 24.0 Å². The summed E-state index contributed by atoms with van der Waals surface area (Å²) in [5.41, 5.74) is 1.19. The molecule has 4 rings (SSSR count). The van der Waals surface area contributed by atoms with Crippen LogP contribution in [0.5, 0.6) is 0 Å². The second-order valence-electron chi connectivity index (χ2n) is 10.3. The van der Waals surface area contributed by atoms with Gasteiger partial charge in [0.2, 0.25) is 5.88 Å². The molecule has 1 aromatic carbocycles. The van der Waals surface area contributed by atoms with E-state index in [1.165, 1.54) is 17.7 Å². The summed E-state index contributed by atoms with van der Waals surface area (Å²) in [7, 11) is 0. The van der Waals surface area contributed by atoms with E-state index in [0.717, 1.165) is 12.8 Å². The van der Waals surface area contributed by atoms with E-state index in [0.29, 0.717) is 54.6 Å². The van der Waals surface area contributed by atoms with Gasteiger partial charge in [-0.15, -0.1) is 0 Å². The van der Waals surface area contributed by atoms with E-state index in [1.54, 1.807) is 23.5 Å². The van der Waals surface area contributed by atoms with E-state index in [9.17, 15) is 9.18 Å². The lowest BCUT2D eigenvalue weighted by Crippen LogP contribution is -2.48. The normalized spacial score (nSPS) is 18.5. The Bertz CT molecular complexity index is 1080. The zero-order valence-corrected chi connectivity index (χ0v) is 21.9. The summed E-state index contributed by atoms with van der Waals surface area (Å²) >= 11 is 6.18. The highest BCUT2D eigenvalue weighted by Crippen LogP contribution is 2.31. The Morgan fingerprint density at radius 2 is 2.03 bits per heavy atom. The Morgan fingerprint density at radius 3 is 2.72 bits per heavy atom. The monoisotopic (exact) mass is 516 g/mol. The highest BCUT2D eigenvalue weighted by molar-refractivity contribution is 6.30. The molecule has 0 atom stereocenters. The van der Waals surface area contributed by atoms with Crippen molar-refractivity contribution in [3.8, 4) is 0 Å². The topological polar surface area (TPSA) is 51.2 Å². The Morgan fingerprint density at radius 1 is 1.25 bits per heavy atom. The zero-order chi connectivity index (χ0) is 25.7. The molecule has 1 aromatic rings. The maximum atomic E-state index is 14.7. The second kappa shape index (κ2) is 11.4. The zero-order valence-electron chi connectivity index (χ0n) is 21.1. The van der Waals surface area contributed by atoms with Gasteiger partial charge in [0.15, 0.2) is 6.26 Å². The molecule has 6 nitrogen and oxygen atoms in total. The summed E-state index contributed by atoms with van der Waals surface area (Å²) in [5, 5.41) is 0.471. The number of piperidine rings is 1. The number of nitrogens with zero attached hydrogens (tertiary/aromatic N) is 2. The van der Waals surface area contributed by atoms with Crippen molar-refractivity contribution in [3.05, 3.63) is 82.6 Å². The van der Waals surface area contributed by atoms with Gasteiger partial charge in [-0.3, -0.25) is 0 Å². The fourth-order valence-corrected chi connectivity index (χ4v) is 4.69. The molecule has 36 heavy (non-hydrogen) atoms. The van der Waals surface area contributed by atoms with Crippen molar-refractivity contribution in [1.29, 1.82) is 0 Å². The minimum Gasteiger partial charge on any atom is -0.464 e. The first-order valence-electron chi connectivity index (χ1n) is 12.4. The number of allylic oxidation sites excluding steroid dienone is 4. The standard InChI is InChI=1S/C28H34ClFN2O4/c1-28(2,3)36-27(33)31-13-11-23(12-14-31)32(17-21-16-22(29)9-10-25(21)30)26-19-34-18-24(35-26)15-20-7-5-4-6-8-20/h4-5,7,9-10,16,18-19,23H,6,8,11-15,17H2,1-3H3. The van der Waals surface area contributed by atoms with Crippen LogP contribution in [0.4, 0.5) is 9.18 Å². The van der Waals surface area contributed by atoms with Crippen LogP contribution in [0.3, 0.4) is 0 Å². The Balaban J connectivity index is 1.49. The van der Waals surface area contributed by atoms with E-state index < -0.39 is 5.60 Å². The van der Waals surface area contributed by atoms with Crippen LogP contribution in [0.15, 0.2) is 66.2 Å². The van der Waals surface area contributed by atoms with E-state index in [2.05, 4.69) is 18.2 Å². The third kappa shape index (κ3) is 7.06. The molecule has 2 aliphatic heterocycles. The first-order valence-corrected chi connectivity index (χ1v) is 12.8. The van der Waals surface area contributed by atoms with Gasteiger partial charge in [0.25, 0.3) is 0 Å². The molecule has 0 radical (unpaired) electrons. The van der Waals surface area contributed by atoms with Gasteiger partial charge in [0.1, 0.15) is 23.4 Å². The number of likely N-dealkylation sites (tertiary alicyclic amines) is 1. The summed E-state index contributed by atoms with van der Waals surface area (Å²) < 4.78 is 32.2. The molecule has 0 aromatic heterocycles. The van der Waals surface area contributed by atoms with Gasteiger partial charge in [-0.05, 0) is 64.7 Å². The smallest absolute Gasteiger partial charge is 0.410 e. The number of carbonyl (C=O) groups is 1. The predicted octanol–water partition coefficient (Wildman–Crippen LogP) is 7.03. The quantitative estimate of drug-likeness (QED) is 0.406. The molecular formula is C28H34ClFN2O4. The maximum Gasteiger partial charge on any atom is 0.410 e. The van der Waals surface area contributed by atoms with Gasteiger partial charge >= 0.3 is 6.09 Å². The second-order valence-corrected chi connectivity index (χ2v) is 10.7. The molecule has 1 amide bonds. The number of hydrogen-bond acceptors (Lipinski definition) is 5. The minimum atomic E-state index is -0.547. The van der Waals surface area contributed by atoms with Crippen LogP contribution in [-0.2, 0) is 20.8 Å². The molecule has 0 unspecified atom stereocenters. The molecule has 3 aliphatic rings. The van der Waals surface area contributed by atoms with E-state index in [-0.39, 0.29) is 24.5 Å². The van der Waals surface area contributed by atoms with Crippen LogP contribution < -0.4 is 0 Å². The van der Waals surface area contributed by atoms with Gasteiger partial charge in [0, 0.05) is 42.7 Å². The molecule has 0 N–H and O–H groups in total. The van der Waals surface area contributed by atoms with Crippen molar-refractivity contribution in [2.24, 2.45) is 0 Å². The van der Waals surface area contributed by atoms with Gasteiger partial charge in [-0.25, -0.2) is 9.18 Å². The summed E-state index contributed by atoms with van der Waals surface area (Å²) in [6, 6.07) is 4.56. The summed E-state index contributed by atoms with van der Waals surface area (Å²) in [4.78, 5) is 16.3. The highest BCUT2D eigenvalue weighted by Gasteiger charge is 2.32. The average molecular weight is 517 g/mol.